The van der Waals surface area contributed by atoms with Crippen LogP contribution in [-0.4, -0.2) is 54.5 Å². The van der Waals surface area contributed by atoms with Crippen LogP contribution in [0.4, 0.5) is 4.39 Å². The van der Waals surface area contributed by atoms with E-state index in [2.05, 4.69) is 0 Å². The standard InChI is InChI=1S/C13H16ClFN2O3/c1-16(2)12(13(20)17(3)7-10(18)19)11-8(14)5-4-6-9(11)15/h4-6,12H,7H2,1-3H3,(H,18,19). The molecule has 1 rings (SSSR count). The van der Waals surface area contributed by atoms with Crippen LogP contribution in [0.15, 0.2) is 18.2 Å². The molecule has 20 heavy (non-hydrogen) atoms. The Morgan fingerprint density at radius 3 is 2.40 bits per heavy atom. The lowest BCUT2D eigenvalue weighted by Crippen LogP contribution is -2.41. The van der Waals surface area contributed by atoms with Gasteiger partial charge in [-0.25, -0.2) is 4.39 Å². The molecular formula is C13H16ClFN2O3. The first-order chi connectivity index (χ1) is 9.25. The monoisotopic (exact) mass is 302 g/mol. The van der Waals surface area contributed by atoms with Crippen LogP contribution < -0.4 is 0 Å². The minimum atomic E-state index is -1.14. The van der Waals surface area contributed by atoms with Crippen molar-refractivity contribution in [1.29, 1.82) is 0 Å². The number of benzene rings is 1. The van der Waals surface area contributed by atoms with Gasteiger partial charge in [0.1, 0.15) is 18.4 Å². The normalized spacial score (nSPS) is 12.3. The van der Waals surface area contributed by atoms with Crippen LogP contribution in [0.1, 0.15) is 11.6 Å². The number of aliphatic carboxylic acids is 1. The third-order valence-corrected chi connectivity index (χ3v) is 3.10. The van der Waals surface area contributed by atoms with Crippen LogP contribution in [0.25, 0.3) is 0 Å². The minimum absolute atomic E-state index is 0.0430. The van der Waals surface area contributed by atoms with E-state index in [1.807, 2.05) is 0 Å². The smallest absolute Gasteiger partial charge is 0.323 e. The van der Waals surface area contributed by atoms with Crippen molar-refractivity contribution in [2.45, 2.75) is 6.04 Å². The molecule has 5 nitrogen and oxygen atoms in total. The van der Waals surface area contributed by atoms with Gasteiger partial charge in [0.15, 0.2) is 0 Å². The predicted octanol–water partition coefficient (Wildman–Crippen LogP) is 1.62. The molecule has 0 aliphatic carbocycles. The lowest BCUT2D eigenvalue weighted by Gasteiger charge is -2.28. The Kier molecular flexibility index (Phi) is 5.47. The summed E-state index contributed by atoms with van der Waals surface area (Å²) in [5.41, 5.74) is 0.0430. The molecule has 0 aliphatic rings. The highest BCUT2D eigenvalue weighted by Crippen LogP contribution is 2.30. The maximum Gasteiger partial charge on any atom is 0.323 e. The number of hydrogen-bond donors (Lipinski definition) is 1. The maximum atomic E-state index is 13.9. The number of likely N-dealkylation sites (N-methyl/N-ethyl adjacent to an activating group) is 2. The number of carbonyl (C=O) groups is 2. The SMILES string of the molecule is CN(CC(=O)O)C(=O)C(c1c(F)cccc1Cl)N(C)C. The molecule has 0 heterocycles. The van der Waals surface area contributed by atoms with E-state index in [-0.39, 0.29) is 10.6 Å². The van der Waals surface area contributed by atoms with Crippen LogP contribution in [-0.2, 0) is 9.59 Å². The summed E-state index contributed by atoms with van der Waals surface area (Å²) >= 11 is 5.97. The molecule has 1 aromatic rings. The van der Waals surface area contributed by atoms with Gasteiger partial charge < -0.3 is 10.0 Å². The average molecular weight is 303 g/mol. The van der Waals surface area contributed by atoms with Gasteiger partial charge in [-0.2, -0.15) is 0 Å². The zero-order valence-electron chi connectivity index (χ0n) is 11.4. The Morgan fingerprint density at radius 2 is 1.95 bits per heavy atom. The summed E-state index contributed by atoms with van der Waals surface area (Å²) in [7, 11) is 4.54. The fraction of sp³-hybridized carbons (Fsp3) is 0.385. The average Bonchev–Trinajstić information content (AvgIpc) is 2.31. The number of carbonyl (C=O) groups excluding carboxylic acids is 1. The highest BCUT2D eigenvalue weighted by molar-refractivity contribution is 6.31. The second-order valence-corrected chi connectivity index (χ2v) is 5.00. The molecule has 0 saturated heterocycles. The summed E-state index contributed by atoms with van der Waals surface area (Å²) in [5.74, 6) is -2.28. The molecule has 7 heteroatoms. The first-order valence-corrected chi connectivity index (χ1v) is 6.20. The van der Waals surface area contributed by atoms with Gasteiger partial charge in [-0.3, -0.25) is 14.5 Å². The quantitative estimate of drug-likeness (QED) is 0.898. The van der Waals surface area contributed by atoms with E-state index in [0.29, 0.717) is 0 Å². The lowest BCUT2D eigenvalue weighted by atomic mass is 10.0. The Morgan fingerprint density at radius 1 is 1.35 bits per heavy atom. The van der Waals surface area contributed by atoms with Crippen molar-refractivity contribution < 1.29 is 19.1 Å². The molecule has 110 valence electrons. The Labute approximate surface area is 121 Å². The Bertz CT molecular complexity index is 502. The van der Waals surface area contributed by atoms with Crippen molar-refractivity contribution in [3.8, 4) is 0 Å². The molecule has 0 bridgehead atoms. The van der Waals surface area contributed by atoms with E-state index in [1.165, 1.54) is 30.1 Å². The van der Waals surface area contributed by atoms with Gasteiger partial charge in [-0.05, 0) is 26.2 Å². The summed E-state index contributed by atoms with van der Waals surface area (Å²) in [4.78, 5) is 25.5. The third-order valence-electron chi connectivity index (χ3n) is 2.77. The summed E-state index contributed by atoms with van der Waals surface area (Å²) in [5, 5.41) is 8.85. The summed E-state index contributed by atoms with van der Waals surface area (Å²) in [6.07, 6.45) is 0. The molecule has 1 unspecified atom stereocenters. The zero-order valence-corrected chi connectivity index (χ0v) is 12.2. The molecule has 0 radical (unpaired) electrons. The number of carboxylic acid groups (broad SMARTS) is 1. The molecular weight excluding hydrogens is 287 g/mol. The largest absolute Gasteiger partial charge is 0.480 e. The van der Waals surface area contributed by atoms with Crippen molar-refractivity contribution in [2.75, 3.05) is 27.7 Å². The van der Waals surface area contributed by atoms with Crippen molar-refractivity contribution in [3.63, 3.8) is 0 Å². The van der Waals surface area contributed by atoms with E-state index in [0.717, 1.165) is 4.90 Å². The van der Waals surface area contributed by atoms with Crippen molar-refractivity contribution in [3.05, 3.63) is 34.6 Å². The molecule has 0 saturated carbocycles. The Balaban J connectivity index is 3.18. The number of rotatable bonds is 5. The minimum Gasteiger partial charge on any atom is -0.480 e. The third kappa shape index (κ3) is 3.68. The lowest BCUT2D eigenvalue weighted by molar-refractivity contribution is -0.145. The van der Waals surface area contributed by atoms with Crippen molar-refractivity contribution in [2.24, 2.45) is 0 Å². The molecule has 0 aromatic heterocycles. The first-order valence-electron chi connectivity index (χ1n) is 5.82. The number of amides is 1. The van der Waals surface area contributed by atoms with Gasteiger partial charge >= 0.3 is 5.97 Å². The van der Waals surface area contributed by atoms with Gasteiger partial charge in [-0.15, -0.1) is 0 Å². The van der Waals surface area contributed by atoms with Crippen LogP contribution >= 0.6 is 11.6 Å². The van der Waals surface area contributed by atoms with Crippen LogP contribution in [0.2, 0.25) is 5.02 Å². The highest BCUT2D eigenvalue weighted by Gasteiger charge is 2.30. The van der Waals surface area contributed by atoms with Gasteiger partial charge in [0, 0.05) is 17.6 Å². The summed E-state index contributed by atoms with van der Waals surface area (Å²) in [6, 6.07) is 3.16. The molecule has 1 amide bonds. The van der Waals surface area contributed by atoms with E-state index >= 15 is 0 Å². The van der Waals surface area contributed by atoms with Crippen LogP contribution in [0.3, 0.4) is 0 Å². The first kappa shape index (κ1) is 16.4. The number of nitrogens with zero attached hydrogens (tertiary/aromatic N) is 2. The fourth-order valence-corrected chi connectivity index (χ4v) is 2.13. The second kappa shape index (κ2) is 6.67. The van der Waals surface area contributed by atoms with E-state index in [1.54, 1.807) is 14.1 Å². The second-order valence-electron chi connectivity index (χ2n) is 4.59. The molecule has 0 aliphatic heterocycles. The highest BCUT2D eigenvalue weighted by atomic mass is 35.5. The van der Waals surface area contributed by atoms with Gasteiger partial charge in [0.2, 0.25) is 5.91 Å². The molecule has 1 aromatic carbocycles. The van der Waals surface area contributed by atoms with Crippen molar-refractivity contribution >= 4 is 23.5 Å². The summed E-state index contributed by atoms with van der Waals surface area (Å²) in [6.45, 7) is -0.463. The molecule has 1 N–H and O–H groups in total. The van der Waals surface area contributed by atoms with E-state index < -0.39 is 30.3 Å². The summed E-state index contributed by atoms with van der Waals surface area (Å²) < 4.78 is 13.9. The van der Waals surface area contributed by atoms with Crippen molar-refractivity contribution in [1.82, 2.24) is 9.80 Å². The Hall–Kier alpha value is -1.66. The van der Waals surface area contributed by atoms with Crippen LogP contribution in [0, 0.1) is 5.82 Å². The fourth-order valence-electron chi connectivity index (χ4n) is 1.86. The molecule has 0 spiro atoms. The van der Waals surface area contributed by atoms with Gasteiger partial charge in [-0.1, -0.05) is 17.7 Å². The number of hydrogen-bond acceptors (Lipinski definition) is 3. The number of halogens is 2. The van der Waals surface area contributed by atoms with E-state index in [9.17, 15) is 14.0 Å². The van der Waals surface area contributed by atoms with Gasteiger partial charge in [0.05, 0.1) is 0 Å². The topological polar surface area (TPSA) is 60.9 Å². The van der Waals surface area contributed by atoms with Gasteiger partial charge in [0.25, 0.3) is 0 Å². The number of carboxylic acids is 1. The predicted molar refractivity (Wildman–Crippen MR) is 73.1 cm³/mol. The molecule has 1 atom stereocenters. The molecule has 0 fully saturated rings. The van der Waals surface area contributed by atoms with Crippen LogP contribution in [0.5, 0.6) is 0 Å². The maximum absolute atomic E-state index is 13.9. The van der Waals surface area contributed by atoms with E-state index in [4.69, 9.17) is 16.7 Å². The zero-order chi connectivity index (χ0) is 15.4.